The summed E-state index contributed by atoms with van der Waals surface area (Å²) < 4.78 is 39.6. The SMILES string of the molecule is Cc1nn(-c2ccc(Cl)c(C(F)(F)F)c2)cc1CN. The third kappa shape index (κ3) is 2.74. The van der Waals surface area contributed by atoms with Crippen molar-refractivity contribution in [3.63, 3.8) is 0 Å². The normalized spacial score (nSPS) is 11.9. The fourth-order valence-corrected chi connectivity index (χ4v) is 1.93. The molecule has 2 N–H and O–H groups in total. The molecule has 0 amide bonds. The van der Waals surface area contributed by atoms with E-state index < -0.39 is 11.7 Å². The minimum Gasteiger partial charge on any atom is -0.326 e. The van der Waals surface area contributed by atoms with E-state index in [0.717, 1.165) is 11.6 Å². The Morgan fingerprint density at radius 3 is 2.58 bits per heavy atom. The van der Waals surface area contributed by atoms with E-state index in [1.165, 1.54) is 16.8 Å². The summed E-state index contributed by atoms with van der Waals surface area (Å²) in [5.74, 6) is 0. The van der Waals surface area contributed by atoms with Gasteiger partial charge in [-0.3, -0.25) is 0 Å². The molecule has 1 aromatic heterocycles. The number of nitrogens with two attached hydrogens (primary N) is 1. The van der Waals surface area contributed by atoms with Crippen LogP contribution in [0.1, 0.15) is 16.8 Å². The molecule has 0 saturated carbocycles. The molecule has 0 unspecified atom stereocenters. The van der Waals surface area contributed by atoms with E-state index in [-0.39, 0.29) is 11.6 Å². The van der Waals surface area contributed by atoms with E-state index >= 15 is 0 Å². The van der Waals surface area contributed by atoms with Crippen LogP contribution in [0.4, 0.5) is 13.2 Å². The van der Waals surface area contributed by atoms with Crippen LogP contribution in [0.15, 0.2) is 24.4 Å². The standard InChI is InChI=1S/C12H11ClF3N3/c1-7-8(5-17)6-19(18-7)9-2-3-11(13)10(4-9)12(14,15)16/h2-4,6H,5,17H2,1H3. The van der Waals surface area contributed by atoms with Crippen LogP contribution in [0.25, 0.3) is 5.69 Å². The van der Waals surface area contributed by atoms with Gasteiger partial charge in [0.2, 0.25) is 0 Å². The lowest BCUT2D eigenvalue weighted by Crippen LogP contribution is -2.07. The van der Waals surface area contributed by atoms with Gasteiger partial charge in [0, 0.05) is 18.3 Å². The molecular formula is C12H11ClF3N3. The van der Waals surface area contributed by atoms with Gasteiger partial charge in [-0.25, -0.2) is 4.68 Å². The number of aryl methyl sites for hydroxylation is 1. The molecule has 19 heavy (non-hydrogen) atoms. The van der Waals surface area contributed by atoms with Gasteiger partial charge in [-0.15, -0.1) is 0 Å². The first kappa shape index (κ1) is 13.9. The van der Waals surface area contributed by atoms with Crippen molar-refractivity contribution in [3.8, 4) is 5.69 Å². The summed E-state index contributed by atoms with van der Waals surface area (Å²) in [4.78, 5) is 0. The number of hydrogen-bond donors (Lipinski definition) is 1. The molecule has 0 atom stereocenters. The second-order valence-electron chi connectivity index (χ2n) is 4.05. The molecule has 2 rings (SSSR count). The zero-order valence-corrected chi connectivity index (χ0v) is 10.8. The van der Waals surface area contributed by atoms with Gasteiger partial charge < -0.3 is 5.73 Å². The van der Waals surface area contributed by atoms with E-state index in [1.807, 2.05) is 0 Å². The molecular weight excluding hydrogens is 279 g/mol. The van der Waals surface area contributed by atoms with E-state index in [0.29, 0.717) is 11.4 Å². The van der Waals surface area contributed by atoms with Crippen LogP contribution in [0.3, 0.4) is 0 Å². The van der Waals surface area contributed by atoms with Crippen molar-refractivity contribution in [2.24, 2.45) is 5.73 Å². The van der Waals surface area contributed by atoms with Crippen molar-refractivity contribution in [3.05, 3.63) is 46.2 Å². The predicted octanol–water partition coefficient (Wildman–Crippen LogP) is 3.31. The number of nitrogens with zero attached hydrogens (tertiary/aromatic N) is 2. The predicted molar refractivity (Wildman–Crippen MR) is 66.2 cm³/mol. The van der Waals surface area contributed by atoms with E-state index in [1.54, 1.807) is 13.1 Å². The molecule has 0 radical (unpaired) electrons. The van der Waals surface area contributed by atoms with Crippen molar-refractivity contribution in [1.29, 1.82) is 0 Å². The topological polar surface area (TPSA) is 43.8 Å². The van der Waals surface area contributed by atoms with Gasteiger partial charge in [0.25, 0.3) is 0 Å². The number of alkyl halides is 3. The van der Waals surface area contributed by atoms with Crippen LogP contribution in [0.5, 0.6) is 0 Å². The maximum Gasteiger partial charge on any atom is 0.417 e. The van der Waals surface area contributed by atoms with E-state index in [9.17, 15) is 13.2 Å². The van der Waals surface area contributed by atoms with Gasteiger partial charge >= 0.3 is 6.18 Å². The molecule has 0 aliphatic carbocycles. The maximum absolute atomic E-state index is 12.8. The summed E-state index contributed by atoms with van der Waals surface area (Å²) in [6.07, 6.45) is -2.88. The van der Waals surface area contributed by atoms with Crippen LogP contribution < -0.4 is 5.73 Å². The zero-order chi connectivity index (χ0) is 14.2. The minimum atomic E-state index is -4.49. The fraction of sp³-hybridized carbons (Fsp3) is 0.250. The zero-order valence-electron chi connectivity index (χ0n) is 10.0. The first-order chi connectivity index (χ1) is 8.82. The molecule has 0 spiro atoms. The lowest BCUT2D eigenvalue weighted by atomic mass is 10.2. The third-order valence-corrected chi connectivity index (χ3v) is 3.07. The van der Waals surface area contributed by atoms with Gasteiger partial charge in [-0.05, 0) is 25.1 Å². The third-order valence-electron chi connectivity index (χ3n) is 2.74. The van der Waals surface area contributed by atoms with E-state index in [2.05, 4.69) is 5.10 Å². The van der Waals surface area contributed by atoms with Gasteiger partial charge in [0.1, 0.15) is 0 Å². The highest BCUT2D eigenvalue weighted by Crippen LogP contribution is 2.35. The molecule has 0 aliphatic heterocycles. The summed E-state index contributed by atoms with van der Waals surface area (Å²) in [6, 6.07) is 3.65. The summed E-state index contributed by atoms with van der Waals surface area (Å²) in [7, 11) is 0. The number of benzene rings is 1. The smallest absolute Gasteiger partial charge is 0.326 e. The fourth-order valence-electron chi connectivity index (χ4n) is 1.70. The maximum atomic E-state index is 12.8. The number of rotatable bonds is 2. The Morgan fingerprint density at radius 1 is 1.37 bits per heavy atom. The van der Waals surface area contributed by atoms with Crippen LogP contribution in [-0.4, -0.2) is 9.78 Å². The molecule has 1 aromatic carbocycles. The Bertz CT molecular complexity index is 605. The Morgan fingerprint density at radius 2 is 2.05 bits per heavy atom. The van der Waals surface area contributed by atoms with Crippen molar-refractivity contribution >= 4 is 11.6 Å². The lowest BCUT2D eigenvalue weighted by molar-refractivity contribution is -0.137. The Hall–Kier alpha value is -1.53. The largest absolute Gasteiger partial charge is 0.417 e. The number of halogens is 4. The Labute approximate surface area is 112 Å². The summed E-state index contributed by atoms with van der Waals surface area (Å²) in [5.41, 5.74) is 6.39. The number of aromatic nitrogens is 2. The quantitative estimate of drug-likeness (QED) is 0.922. The molecule has 2 aromatic rings. The summed E-state index contributed by atoms with van der Waals surface area (Å²) >= 11 is 5.56. The van der Waals surface area contributed by atoms with Crippen LogP contribution in [0, 0.1) is 6.92 Å². The lowest BCUT2D eigenvalue weighted by Gasteiger charge is -2.10. The molecule has 7 heteroatoms. The molecule has 0 fully saturated rings. The van der Waals surface area contributed by atoms with Crippen LogP contribution >= 0.6 is 11.6 Å². The highest BCUT2D eigenvalue weighted by atomic mass is 35.5. The second kappa shape index (κ2) is 4.86. The van der Waals surface area contributed by atoms with Crippen LogP contribution in [-0.2, 0) is 12.7 Å². The number of hydrogen-bond acceptors (Lipinski definition) is 2. The summed E-state index contributed by atoms with van der Waals surface area (Å²) in [6.45, 7) is 2.03. The van der Waals surface area contributed by atoms with Crippen molar-refractivity contribution in [2.75, 3.05) is 0 Å². The monoisotopic (exact) mass is 289 g/mol. The molecule has 102 valence electrons. The molecule has 0 aliphatic rings. The van der Waals surface area contributed by atoms with E-state index in [4.69, 9.17) is 17.3 Å². The first-order valence-electron chi connectivity index (χ1n) is 5.45. The highest BCUT2D eigenvalue weighted by Gasteiger charge is 2.33. The van der Waals surface area contributed by atoms with Crippen LogP contribution in [0.2, 0.25) is 5.02 Å². The molecule has 1 heterocycles. The Balaban J connectivity index is 2.51. The molecule has 0 bridgehead atoms. The van der Waals surface area contributed by atoms with Crippen molar-refractivity contribution in [1.82, 2.24) is 9.78 Å². The molecule has 3 nitrogen and oxygen atoms in total. The van der Waals surface area contributed by atoms with Crippen molar-refractivity contribution in [2.45, 2.75) is 19.6 Å². The molecule has 0 saturated heterocycles. The van der Waals surface area contributed by atoms with Gasteiger partial charge in [0.15, 0.2) is 0 Å². The highest BCUT2D eigenvalue weighted by molar-refractivity contribution is 6.31. The van der Waals surface area contributed by atoms with Gasteiger partial charge in [0.05, 0.1) is 22.0 Å². The average molecular weight is 290 g/mol. The second-order valence-corrected chi connectivity index (χ2v) is 4.46. The average Bonchev–Trinajstić information content (AvgIpc) is 2.69. The van der Waals surface area contributed by atoms with Gasteiger partial charge in [-0.2, -0.15) is 18.3 Å². The first-order valence-corrected chi connectivity index (χ1v) is 5.83. The Kier molecular flexibility index (Phi) is 3.56. The van der Waals surface area contributed by atoms with Crippen molar-refractivity contribution < 1.29 is 13.2 Å². The summed E-state index contributed by atoms with van der Waals surface area (Å²) in [5, 5.41) is 3.80. The minimum absolute atomic E-state index is 0.283. The van der Waals surface area contributed by atoms with Gasteiger partial charge in [-0.1, -0.05) is 11.6 Å².